The molecule has 7 nitrogen and oxygen atoms in total. The first-order chi connectivity index (χ1) is 12.5. The van der Waals surface area contributed by atoms with E-state index in [9.17, 15) is 4.79 Å². The summed E-state index contributed by atoms with van der Waals surface area (Å²) in [5, 5.41) is 11.0. The van der Waals surface area contributed by atoms with E-state index in [4.69, 9.17) is 14.9 Å². The van der Waals surface area contributed by atoms with Crippen LogP contribution in [0.3, 0.4) is 0 Å². The molecule has 26 heavy (non-hydrogen) atoms. The first-order valence-electron chi connectivity index (χ1n) is 8.25. The second-order valence-electron chi connectivity index (χ2n) is 5.73. The van der Waals surface area contributed by atoms with Gasteiger partial charge in [-0.05, 0) is 44.0 Å². The molecule has 0 radical (unpaired) electrons. The summed E-state index contributed by atoms with van der Waals surface area (Å²) in [6, 6.07) is 12.9. The van der Waals surface area contributed by atoms with E-state index in [0.717, 1.165) is 11.1 Å². The number of nitrogens with one attached hydrogen (secondary N) is 2. The molecule has 0 saturated heterocycles. The van der Waals surface area contributed by atoms with Gasteiger partial charge < -0.3 is 9.47 Å². The molecule has 134 valence electrons. The number of nitrogens with zero attached hydrogens (tertiary/aromatic N) is 2. The minimum atomic E-state index is -0.635. The van der Waals surface area contributed by atoms with E-state index in [1.54, 1.807) is 19.1 Å². The third-order valence-electron chi connectivity index (χ3n) is 3.86. The highest BCUT2D eigenvalue weighted by Gasteiger charge is 2.19. The van der Waals surface area contributed by atoms with E-state index in [-0.39, 0.29) is 18.6 Å². The van der Waals surface area contributed by atoms with Crippen LogP contribution in [0.1, 0.15) is 18.1 Å². The van der Waals surface area contributed by atoms with Crippen molar-refractivity contribution < 1.29 is 14.3 Å². The van der Waals surface area contributed by atoms with Crippen LogP contribution in [0.25, 0.3) is 11.0 Å². The first kappa shape index (κ1) is 17.5. The fourth-order valence-corrected chi connectivity index (χ4v) is 2.68. The van der Waals surface area contributed by atoms with Gasteiger partial charge in [-0.25, -0.2) is 14.3 Å². The zero-order chi connectivity index (χ0) is 18.7. The molecule has 2 aromatic carbocycles. The lowest BCUT2D eigenvalue weighted by molar-refractivity contribution is 0.167. The van der Waals surface area contributed by atoms with Crippen molar-refractivity contribution in [1.29, 1.82) is 5.41 Å². The number of benzene rings is 2. The molecular formula is C19H20N4O3. The van der Waals surface area contributed by atoms with Crippen LogP contribution in [0.2, 0.25) is 0 Å². The Bertz CT molecular complexity index is 958. The number of rotatable bonds is 3. The second-order valence-corrected chi connectivity index (χ2v) is 5.73. The molecule has 2 N–H and O–H groups in total. The van der Waals surface area contributed by atoms with E-state index < -0.39 is 6.09 Å². The molecule has 0 saturated carbocycles. The second kappa shape index (κ2) is 7.26. The fraction of sp³-hybridized carbons (Fsp3) is 0.211. The van der Waals surface area contributed by atoms with E-state index >= 15 is 0 Å². The Morgan fingerprint density at radius 3 is 2.54 bits per heavy atom. The van der Waals surface area contributed by atoms with Crippen LogP contribution in [0.4, 0.5) is 10.7 Å². The predicted molar refractivity (Wildman–Crippen MR) is 100 cm³/mol. The van der Waals surface area contributed by atoms with Crippen LogP contribution in [-0.4, -0.2) is 28.3 Å². The summed E-state index contributed by atoms with van der Waals surface area (Å²) in [6.45, 7) is 5.79. The maximum absolute atomic E-state index is 11.8. The number of para-hydroxylation sites is 3. The molecule has 3 rings (SSSR count). The van der Waals surface area contributed by atoms with Crippen LogP contribution in [-0.2, 0) is 4.74 Å². The number of carbonyl (C=O) groups excluding carboxylic acids is 1. The molecule has 0 bridgehead atoms. The van der Waals surface area contributed by atoms with Crippen molar-refractivity contribution in [2.24, 2.45) is 0 Å². The highest BCUT2D eigenvalue weighted by atomic mass is 16.5. The quantitative estimate of drug-likeness (QED) is 0.549. The van der Waals surface area contributed by atoms with Crippen LogP contribution in [0.15, 0.2) is 42.5 Å². The summed E-state index contributed by atoms with van der Waals surface area (Å²) in [7, 11) is 0. The molecule has 0 aliphatic carbocycles. The molecule has 7 heteroatoms. The number of hydrogen-bond acceptors (Lipinski definition) is 5. The highest BCUT2D eigenvalue weighted by molar-refractivity contribution is 5.95. The summed E-state index contributed by atoms with van der Waals surface area (Å²) in [5.41, 5.74) is 3.11. The molecule has 0 atom stereocenters. The fourth-order valence-electron chi connectivity index (χ4n) is 2.68. The molecule has 0 spiro atoms. The Hall–Kier alpha value is -3.35. The summed E-state index contributed by atoms with van der Waals surface area (Å²) in [6.07, 6.45) is -0.635. The van der Waals surface area contributed by atoms with Gasteiger partial charge in [0.1, 0.15) is 5.75 Å². The summed E-state index contributed by atoms with van der Waals surface area (Å²) >= 11 is 0. The number of amides is 1. The van der Waals surface area contributed by atoms with Crippen LogP contribution < -0.4 is 10.1 Å². The van der Waals surface area contributed by atoms with Gasteiger partial charge in [-0.1, -0.05) is 30.3 Å². The number of hydrogen-bond donors (Lipinski definition) is 2. The Balaban J connectivity index is 2.02. The van der Waals surface area contributed by atoms with E-state index in [1.165, 1.54) is 4.57 Å². The van der Waals surface area contributed by atoms with Crippen molar-refractivity contribution in [3.63, 3.8) is 0 Å². The summed E-state index contributed by atoms with van der Waals surface area (Å²) in [5.74, 6) is 0.776. The zero-order valence-corrected chi connectivity index (χ0v) is 14.9. The lowest BCUT2D eigenvalue weighted by Crippen LogP contribution is -2.24. The predicted octanol–water partition coefficient (Wildman–Crippen LogP) is 4.08. The Kier molecular flexibility index (Phi) is 4.88. The normalized spacial score (nSPS) is 10.6. The number of aromatic nitrogens is 2. The minimum Gasteiger partial charge on any atom is -0.450 e. The van der Waals surface area contributed by atoms with Gasteiger partial charge >= 0.3 is 12.1 Å². The molecule has 0 fully saturated rings. The lowest BCUT2D eigenvalue weighted by Gasteiger charge is -2.14. The average Bonchev–Trinajstić information content (AvgIpc) is 2.96. The Morgan fingerprint density at radius 1 is 1.15 bits per heavy atom. The third-order valence-corrected chi connectivity index (χ3v) is 3.86. The van der Waals surface area contributed by atoms with Gasteiger partial charge in [-0.15, -0.1) is 0 Å². The SMILES string of the molecule is CCOC(=O)Nc1nc2ccccc2n1C(=N)Oc1c(C)cccc1C. The zero-order valence-electron chi connectivity index (χ0n) is 14.9. The number of ether oxygens (including phenoxy) is 2. The van der Waals surface area contributed by atoms with Gasteiger partial charge in [0.15, 0.2) is 0 Å². The molecule has 3 aromatic rings. The highest BCUT2D eigenvalue weighted by Crippen LogP contribution is 2.25. The third kappa shape index (κ3) is 3.37. The molecule has 0 aliphatic heterocycles. The van der Waals surface area contributed by atoms with Crippen LogP contribution in [0, 0.1) is 19.3 Å². The number of anilines is 1. The van der Waals surface area contributed by atoms with Gasteiger partial charge in [0.2, 0.25) is 5.95 Å². The van der Waals surface area contributed by atoms with Gasteiger partial charge in [0, 0.05) is 0 Å². The van der Waals surface area contributed by atoms with E-state index in [2.05, 4.69) is 10.3 Å². The Morgan fingerprint density at radius 2 is 1.85 bits per heavy atom. The Labute approximate surface area is 151 Å². The molecular weight excluding hydrogens is 332 g/mol. The van der Waals surface area contributed by atoms with Crippen molar-refractivity contribution in [1.82, 2.24) is 9.55 Å². The maximum atomic E-state index is 11.8. The largest absolute Gasteiger partial charge is 0.450 e. The number of aryl methyl sites for hydroxylation is 2. The topological polar surface area (TPSA) is 89.2 Å². The van der Waals surface area contributed by atoms with Crippen molar-refractivity contribution in [3.8, 4) is 5.75 Å². The standard InChI is InChI=1S/C19H20N4O3/c1-4-25-19(24)22-18-21-14-10-5-6-11-15(14)23(18)17(20)26-16-12(2)8-7-9-13(16)3/h5-11,20H,4H2,1-3H3,(H,21,22,24). The van der Waals surface area contributed by atoms with E-state index in [1.807, 2.05) is 44.2 Å². The van der Waals surface area contributed by atoms with Crippen molar-refractivity contribution >= 4 is 29.1 Å². The van der Waals surface area contributed by atoms with Crippen molar-refractivity contribution in [2.45, 2.75) is 20.8 Å². The van der Waals surface area contributed by atoms with Gasteiger partial charge in [0.25, 0.3) is 0 Å². The summed E-state index contributed by atoms with van der Waals surface area (Å²) in [4.78, 5) is 16.2. The minimum absolute atomic E-state index is 0.164. The molecule has 1 heterocycles. The van der Waals surface area contributed by atoms with Gasteiger partial charge in [-0.2, -0.15) is 0 Å². The summed E-state index contributed by atoms with van der Waals surface area (Å²) < 4.78 is 12.2. The molecule has 0 aliphatic rings. The number of imidazole rings is 1. The van der Waals surface area contributed by atoms with Crippen molar-refractivity contribution in [3.05, 3.63) is 53.6 Å². The smallest absolute Gasteiger partial charge is 0.413 e. The lowest BCUT2D eigenvalue weighted by atomic mass is 10.1. The number of carbonyl (C=O) groups is 1. The van der Waals surface area contributed by atoms with Crippen LogP contribution in [0.5, 0.6) is 5.75 Å². The van der Waals surface area contributed by atoms with Crippen LogP contribution >= 0.6 is 0 Å². The average molecular weight is 352 g/mol. The molecule has 0 unspecified atom stereocenters. The number of fused-ring (bicyclic) bond motifs is 1. The van der Waals surface area contributed by atoms with Gasteiger partial charge in [-0.3, -0.25) is 10.7 Å². The van der Waals surface area contributed by atoms with Crippen molar-refractivity contribution in [2.75, 3.05) is 11.9 Å². The first-order valence-corrected chi connectivity index (χ1v) is 8.25. The monoisotopic (exact) mass is 352 g/mol. The van der Waals surface area contributed by atoms with Gasteiger partial charge in [0.05, 0.1) is 17.6 Å². The molecule has 1 amide bonds. The molecule has 1 aromatic heterocycles. The maximum Gasteiger partial charge on any atom is 0.413 e. The van der Waals surface area contributed by atoms with E-state index in [0.29, 0.717) is 16.8 Å².